The maximum absolute atomic E-state index is 11.6. The molecule has 0 fully saturated rings. The third kappa shape index (κ3) is 2.98. The van der Waals surface area contributed by atoms with Crippen molar-refractivity contribution in [1.29, 1.82) is 5.26 Å². The Kier molecular flexibility index (Phi) is 4.06. The fourth-order valence-electron chi connectivity index (χ4n) is 1.68. The van der Waals surface area contributed by atoms with E-state index in [2.05, 4.69) is 15.9 Å². The molecule has 2 aromatic rings. The first kappa shape index (κ1) is 14.1. The Labute approximate surface area is 124 Å². The number of halogens is 1. The van der Waals surface area contributed by atoms with Crippen LogP contribution in [0.3, 0.4) is 0 Å². The Balaban J connectivity index is 2.40. The zero-order chi connectivity index (χ0) is 14.7. The fourth-order valence-corrected chi connectivity index (χ4v) is 2.14. The first-order valence-corrected chi connectivity index (χ1v) is 6.58. The van der Waals surface area contributed by atoms with Gasteiger partial charge in [-0.1, -0.05) is 0 Å². The van der Waals surface area contributed by atoms with Gasteiger partial charge in [0.15, 0.2) is 5.78 Å². The molecule has 20 heavy (non-hydrogen) atoms. The molecule has 0 aliphatic heterocycles. The molecule has 0 bridgehead atoms. The van der Waals surface area contributed by atoms with E-state index >= 15 is 0 Å². The summed E-state index contributed by atoms with van der Waals surface area (Å²) in [5.41, 5.74) is 7.11. The molecule has 0 unspecified atom stereocenters. The van der Waals surface area contributed by atoms with Crippen molar-refractivity contribution in [3.63, 3.8) is 0 Å². The van der Waals surface area contributed by atoms with Gasteiger partial charge in [0.2, 0.25) is 0 Å². The first-order chi connectivity index (χ1) is 9.51. The van der Waals surface area contributed by atoms with Gasteiger partial charge in [-0.05, 0) is 59.3 Å². The molecule has 0 amide bonds. The highest BCUT2D eigenvalue weighted by Crippen LogP contribution is 2.33. The average molecular weight is 331 g/mol. The predicted octanol–water partition coefficient (Wildman–Crippen LogP) is 3.90. The van der Waals surface area contributed by atoms with Gasteiger partial charge in [-0.15, -0.1) is 0 Å². The molecule has 100 valence electrons. The number of Topliss-reactive ketones (excluding diaryl/α,β-unsaturated/α-hetero) is 1. The topological polar surface area (TPSA) is 76.1 Å². The minimum absolute atomic E-state index is 0.128. The highest BCUT2D eigenvalue weighted by molar-refractivity contribution is 9.10. The van der Waals surface area contributed by atoms with Crippen molar-refractivity contribution in [3.05, 3.63) is 52.0 Å². The highest BCUT2D eigenvalue weighted by atomic mass is 79.9. The number of benzene rings is 2. The van der Waals surface area contributed by atoms with Crippen molar-refractivity contribution in [3.8, 4) is 17.6 Å². The summed E-state index contributed by atoms with van der Waals surface area (Å²) in [5, 5.41) is 8.82. The van der Waals surface area contributed by atoms with Crippen LogP contribution in [0.4, 0.5) is 5.69 Å². The Bertz CT molecular complexity index is 720. The lowest BCUT2D eigenvalue weighted by Crippen LogP contribution is -1.99. The number of ketones is 1. The zero-order valence-corrected chi connectivity index (χ0v) is 12.3. The van der Waals surface area contributed by atoms with Crippen LogP contribution in [0.2, 0.25) is 0 Å². The van der Waals surface area contributed by atoms with Gasteiger partial charge in [-0.25, -0.2) is 0 Å². The summed E-state index contributed by atoms with van der Waals surface area (Å²) >= 11 is 3.34. The van der Waals surface area contributed by atoms with Crippen molar-refractivity contribution in [2.45, 2.75) is 6.92 Å². The number of carbonyl (C=O) groups excluding carboxylic acids is 1. The molecule has 0 saturated heterocycles. The summed E-state index contributed by atoms with van der Waals surface area (Å²) in [5.74, 6) is 0.824. The van der Waals surface area contributed by atoms with E-state index in [1.165, 1.54) is 6.92 Å². The molecule has 0 atom stereocenters. The average Bonchev–Trinajstić information content (AvgIpc) is 2.42. The number of carbonyl (C=O) groups is 1. The van der Waals surface area contributed by atoms with Gasteiger partial charge in [0.25, 0.3) is 0 Å². The van der Waals surface area contributed by atoms with Crippen LogP contribution in [0, 0.1) is 11.3 Å². The summed E-state index contributed by atoms with van der Waals surface area (Å²) in [6.07, 6.45) is 0. The van der Waals surface area contributed by atoms with Gasteiger partial charge in [-0.2, -0.15) is 5.26 Å². The summed E-state index contributed by atoms with van der Waals surface area (Å²) in [6.45, 7) is 1.45. The van der Waals surface area contributed by atoms with E-state index in [0.717, 1.165) is 0 Å². The van der Waals surface area contributed by atoms with Crippen LogP contribution >= 0.6 is 15.9 Å². The molecule has 0 aliphatic rings. The molecular weight excluding hydrogens is 320 g/mol. The summed E-state index contributed by atoms with van der Waals surface area (Å²) in [7, 11) is 0. The summed E-state index contributed by atoms with van der Waals surface area (Å²) < 4.78 is 6.36. The lowest BCUT2D eigenvalue weighted by atomic mass is 10.1. The number of nitrogens with two attached hydrogens (primary N) is 1. The van der Waals surface area contributed by atoms with Crippen molar-refractivity contribution in [2.24, 2.45) is 0 Å². The van der Waals surface area contributed by atoms with Gasteiger partial charge in [0.05, 0.1) is 21.7 Å². The van der Waals surface area contributed by atoms with Crippen molar-refractivity contribution in [2.75, 3.05) is 5.73 Å². The molecule has 0 spiro atoms. The second kappa shape index (κ2) is 5.76. The number of nitrogens with zero attached hydrogens (tertiary/aromatic N) is 1. The van der Waals surface area contributed by atoms with Crippen LogP contribution in [-0.4, -0.2) is 5.78 Å². The third-order valence-corrected chi connectivity index (χ3v) is 3.28. The Morgan fingerprint density at radius 3 is 2.55 bits per heavy atom. The predicted molar refractivity (Wildman–Crippen MR) is 79.8 cm³/mol. The summed E-state index contributed by atoms with van der Waals surface area (Å²) in [4.78, 5) is 11.6. The van der Waals surface area contributed by atoms with Crippen molar-refractivity contribution >= 4 is 27.4 Å². The van der Waals surface area contributed by atoms with E-state index < -0.39 is 0 Å². The maximum Gasteiger partial charge on any atom is 0.163 e. The molecule has 0 aliphatic carbocycles. The van der Waals surface area contributed by atoms with Gasteiger partial charge < -0.3 is 10.5 Å². The zero-order valence-electron chi connectivity index (χ0n) is 10.7. The van der Waals surface area contributed by atoms with Crippen LogP contribution in [-0.2, 0) is 0 Å². The standard InChI is InChI=1S/C15H11BrN2O2/c1-9(19)12-7-11(18)3-5-14(12)20-15-4-2-10(8-17)6-13(15)16/h2-7H,18H2,1H3. The Morgan fingerprint density at radius 1 is 1.25 bits per heavy atom. The SMILES string of the molecule is CC(=O)c1cc(N)ccc1Oc1ccc(C#N)cc1Br. The van der Waals surface area contributed by atoms with Crippen molar-refractivity contribution < 1.29 is 9.53 Å². The van der Waals surface area contributed by atoms with E-state index in [-0.39, 0.29) is 5.78 Å². The monoisotopic (exact) mass is 330 g/mol. The smallest absolute Gasteiger partial charge is 0.163 e. The minimum Gasteiger partial charge on any atom is -0.455 e. The van der Waals surface area contributed by atoms with E-state index in [0.29, 0.717) is 32.8 Å². The van der Waals surface area contributed by atoms with Gasteiger partial charge in [0, 0.05) is 5.69 Å². The van der Waals surface area contributed by atoms with Gasteiger partial charge in [0.1, 0.15) is 11.5 Å². The second-order valence-corrected chi connectivity index (χ2v) is 5.03. The molecule has 4 nitrogen and oxygen atoms in total. The number of nitrogen functional groups attached to an aromatic ring is 1. The van der Waals surface area contributed by atoms with Crippen LogP contribution in [0.15, 0.2) is 40.9 Å². The lowest BCUT2D eigenvalue weighted by molar-refractivity contribution is 0.101. The van der Waals surface area contributed by atoms with Crippen LogP contribution in [0.25, 0.3) is 0 Å². The Hall–Kier alpha value is -2.32. The van der Waals surface area contributed by atoms with E-state index in [1.807, 2.05) is 6.07 Å². The Morgan fingerprint density at radius 2 is 1.95 bits per heavy atom. The van der Waals surface area contributed by atoms with E-state index in [1.54, 1.807) is 36.4 Å². The molecule has 0 heterocycles. The normalized spacial score (nSPS) is 9.85. The quantitative estimate of drug-likeness (QED) is 0.684. The van der Waals surface area contributed by atoms with Crippen molar-refractivity contribution in [1.82, 2.24) is 0 Å². The lowest BCUT2D eigenvalue weighted by Gasteiger charge is -2.11. The highest BCUT2D eigenvalue weighted by Gasteiger charge is 2.11. The first-order valence-electron chi connectivity index (χ1n) is 5.79. The number of ether oxygens (including phenoxy) is 1. The number of hydrogen-bond acceptors (Lipinski definition) is 4. The molecule has 2 N–H and O–H groups in total. The third-order valence-electron chi connectivity index (χ3n) is 2.66. The molecule has 0 saturated carbocycles. The van der Waals surface area contributed by atoms with E-state index in [9.17, 15) is 4.79 Å². The van der Waals surface area contributed by atoms with Gasteiger partial charge in [-0.3, -0.25) is 4.79 Å². The molecule has 2 aromatic carbocycles. The van der Waals surface area contributed by atoms with Crippen LogP contribution in [0.5, 0.6) is 11.5 Å². The molecular formula is C15H11BrN2O2. The van der Waals surface area contributed by atoms with Crippen LogP contribution < -0.4 is 10.5 Å². The number of hydrogen-bond donors (Lipinski definition) is 1. The fraction of sp³-hybridized carbons (Fsp3) is 0.0667. The minimum atomic E-state index is -0.128. The number of anilines is 1. The molecule has 2 rings (SSSR count). The largest absolute Gasteiger partial charge is 0.455 e. The maximum atomic E-state index is 11.6. The van der Waals surface area contributed by atoms with Crippen LogP contribution in [0.1, 0.15) is 22.8 Å². The van der Waals surface area contributed by atoms with E-state index in [4.69, 9.17) is 15.7 Å². The molecule has 5 heteroatoms. The number of nitriles is 1. The van der Waals surface area contributed by atoms with Gasteiger partial charge >= 0.3 is 0 Å². The number of rotatable bonds is 3. The second-order valence-electron chi connectivity index (χ2n) is 4.17. The summed E-state index contributed by atoms with van der Waals surface area (Å²) in [6, 6.07) is 11.9. The molecule has 0 aromatic heterocycles. The molecule has 0 radical (unpaired) electrons.